The first-order valence-electron chi connectivity index (χ1n) is 7.10. The second-order valence-corrected chi connectivity index (χ2v) is 10.1. The summed E-state index contributed by atoms with van der Waals surface area (Å²) in [6, 6.07) is 4.82. The molecule has 0 N–H and O–H groups in total. The Kier molecular flexibility index (Phi) is 3.62. The number of hydrogen-bond donors (Lipinski definition) is 0. The number of sulfonamides is 1. The predicted molar refractivity (Wildman–Crippen MR) is 80.5 cm³/mol. The van der Waals surface area contributed by atoms with Gasteiger partial charge in [0.25, 0.3) is 0 Å². The second-order valence-electron chi connectivity index (χ2n) is 5.86. The maximum absolute atomic E-state index is 12.7. The zero-order valence-electron chi connectivity index (χ0n) is 11.9. The molecule has 1 heterocycles. The van der Waals surface area contributed by atoms with Crippen LogP contribution in [0.1, 0.15) is 24.0 Å². The first-order chi connectivity index (χ1) is 9.79. The van der Waals surface area contributed by atoms with E-state index in [0.717, 1.165) is 24.8 Å². The standard InChI is InChI=1S/C14H19NO4S2/c1-15(13-7-8-20(16,17)10-13)21(18,19)14-6-5-11-3-2-4-12(11)9-14/h5-6,9,13H,2-4,7-8,10H2,1H3/t13-/m0/s1. The van der Waals surface area contributed by atoms with Crippen molar-refractivity contribution >= 4 is 19.9 Å². The van der Waals surface area contributed by atoms with Crippen LogP contribution < -0.4 is 0 Å². The normalized spacial score (nSPS) is 24.4. The Balaban J connectivity index is 1.90. The maximum Gasteiger partial charge on any atom is 0.243 e. The van der Waals surface area contributed by atoms with Crippen molar-refractivity contribution in [3.8, 4) is 0 Å². The molecule has 0 radical (unpaired) electrons. The molecule has 0 bridgehead atoms. The van der Waals surface area contributed by atoms with Crippen molar-refractivity contribution in [3.63, 3.8) is 0 Å². The molecule has 5 nitrogen and oxygen atoms in total. The number of benzene rings is 1. The van der Waals surface area contributed by atoms with Gasteiger partial charge in [-0.3, -0.25) is 0 Å². The first-order valence-corrected chi connectivity index (χ1v) is 10.4. The summed E-state index contributed by atoms with van der Waals surface area (Å²) in [5.74, 6) is -0.00458. The molecule has 1 aliphatic heterocycles. The summed E-state index contributed by atoms with van der Waals surface area (Å²) in [5, 5.41) is 0. The number of hydrogen-bond acceptors (Lipinski definition) is 4. The minimum absolute atomic E-state index is 0.0711. The molecule has 7 heteroatoms. The van der Waals surface area contributed by atoms with E-state index in [-0.39, 0.29) is 16.4 Å². The van der Waals surface area contributed by atoms with Crippen molar-refractivity contribution in [2.24, 2.45) is 0 Å². The van der Waals surface area contributed by atoms with E-state index in [0.29, 0.717) is 6.42 Å². The molecule has 1 saturated heterocycles. The number of fused-ring (bicyclic) bond motifs is 1. The van der Waals surface area contributed by atoms with Crippen molar-refractivity contribution in [1.82, 2.24) is 4.31 Å². The number of nitrogens with zero attached hydrogens (tertiary/aromatic N) is 1. The van der Waals surface area contributed by atoms with Crippen molar-refractivity contribution in [2.45, 2.75) is 36.6 Å². The highest BCUT2D eigenvalue weighted by atomic mass is 32.2. The molecule has 0 saturated carbocycles. The molecule has 21 heavy (non-hydrogen) atoms. The molecule has 3 rings (SSSR count). The van der Waals surface area contributed by atoms with Gasteiger partial charge in [0.15, 0.2) is 9.84 Å². The molecule has 1 aliphatic carbocycles. The lowest BCUT2D eigenvalue weighted by Crippen LogP contribution is -2.37. The van der Waals surface area contributed by atoms with Crippen molar-refractivity contribution < 1.29 is 16.8 Å². The van der Waals surface area contributed by atoms with Gasteiger partial charge in [0.05, 0.1) is 16.4 Å². The topological polar surface area (TPSA) is 71.5 Å². The Bertz CT molecular complexity index is 768. The SMILES string of the molecule is CN([C@H]1CCS(=O)(=O)C1)S(=O)(=O)c1ccc2c(c1)CCC2. The van der Waals surface area contributed by atoms with Gasteiger partial charge in [-0.05, 0) is 48.9 Å². The monoisotopic (exact) mass is 329 g/mol. The van der Waals surface area contributed by atoms with E-state index in [4.69, 9.17) is 0 Å². The third kappa shape index (κ3) is 2.74. The van der Waals surface area contributed by atoms with E-state index < -0.39 is 25.9 Å². The van der Waals surface area contributed by atoms with E-state index in [1.165, 1.54) is 16.9 Å². The van der Waals surface area contributed by atoms with Crippen molar-refractivity contribution in [1.29, 1.82) is 0 Å². The smallest absolute Gasteiger partial charge is 0.229 e. The van der Waals surface area contributed by atoms with E-state index in [2.05, 4.69) is 0 Å². The summed E-state index contributed by atoms with van der Waals surface area (Å²) in [5.41, 5.74) is 2.32. The van der Waals surface area contributed by atoms with Gasteiger partial charge in [-0.15, -0.1) is 0 Å². The van der Waals surface area contributed by atoms with Crippen LogP contribution in [0.3, 0.4) is 0 Å². The summed E-state index contributed by atoms with van der Waals surface area (Å²) in [7, 11) is -5.24. The molecule has 0 spiro atoms. The Morgan fingerprint density at radius 1 is 1.19 bits per heavy atom. The largest absolute Gasteiger partial charge is 0.243 e. The van der Waals surface area contributed by atoms with Gasteiger partial charge in [-0.2, -0.15) is 4.31 Å². The van der Waals surface area contributed by atoms with E-state index >= 15 is 0 Å². The third-order valence-corrected chi connectivity index (χ3v) is 8.13. The summed E-state index contributed by atoms with van der Waals surface area (Å²) >= 11 is 0. The van der Waals surface area contributed by atoms with Crippen LogP contribution in [-0.2, 0) is 32.7 Å². The van der Waals surface area contributed by atoms with Gasteiger partial charge in [-0.25, -0.2) is 16.8 Å². The van der Waals surface area contributed by atoms with Crippen LogP contribution in [0.25, 0.3) is 0 Å². The van der Waals surface area contributed by atoms with E-state index in [1.807, 2.05) is 6.07 Å². The van der Waals surface area contributed by atoms with Gasteiger partial charge in [-0.1, -0.05) is 6.07 Å². The van der Waals surface area contributed by atoms with Gasteiger partial charge in [0, 0.05) is 13.1 Å². The molecule has 0 amide bonds. The Morgan fingerprint density at radius 2 is 1.90 bits per heavy atom. The molecule has 2 aliphatic rings. The first kappa shape index (κ1) is 15.0. The summed E-state index contributed by atoms with van der Waals surface area (Å²) in [4.78, 5) is 0.273. The molecular weight excluding hydrogens is 310 g/mol. The minimum atomic E-state index is -3.63. The average Bonchev–Trinajstić information content (AvgIpc) is 3.02. The summed E-state index contributed by atoms with van der Waals surface area (Å²) in [6.45, 7) is 0. The highest BCUT2D eigenvalue weighted by Crippen LogP contribution is 2.28. The number of aryl methyl sites for hydroxylation is 2. The van der Waals surface area contributed by atoms with Gasteiger partial charge < -0.3 is 0 Å². The average molecular weight is 329 g/mol. The quantitative estimate of drug-likeness (QED) is 0.829. The van der Waals surface area contributed by atoms with Crippen LogP contribution >= 0.6 is 0 Å². The van der Waals surface area contributed by atoms with Gasteiger partial charge in [0.1, 0.15) is 0 Å². The van der Waals surface area contributed by atoms with Crippen LogP contribution in [0.4, 0.5) is 0 Å². The van der Waals surface area contributed by atoms with Crippen LogP contribution in [-0.4, -0.2) is 45.7 Å². The van der Waals surface area contributed by atoms with Crippen molar-refractivity contribution in [3.05, 3.63) is 29.3 Å². The second kappa shape index (κ2) is 5.07. The third-order valence-electron chi connectivity index (χ3n) is 4.47. The zero-order valence-corrected chi connectivity index (χ0v) is 13.6. The number of sulfone groups is 1. The van der Waals surface area contributed by atoms with Crippen LogP contribution in [0.2, 0.25) is 0 Å². The Labute approximate surface area is 125 Å². The predicted octanol–water partition coefficient (Wildman–Crippen LogP) is 0.983. The lowest BCUT2D eigenvalue weighted by molar-refractivity contribution is 0.394. The summed E-state index contributed by atoms with van der Waals surface area (Å²) in [6.07, 6.45) is 3.37. The van der Waals surface area contributed by atoms with Gasteiger partial charge >= 0.3 is 0 Å². The van der Waals surface area contributed by atoms with Crippen LogP contribution in [0.5, 0.6) is 0 Å². The molecule has 1 aromatic rings. The Morgan fingerprint density at radius 3 is 2.57 bits per heavy atom. The highest BCUT2D eigenvalue weighted by Gasteiger charge is 2.36. The molecule has 0 unspecified atom stereocenters. The minimum Gasteiger partial charge on any atom is -0.229 e. The molecular formula is C14H19NO4S2. The maximum atomic E-state index is 12.7. The molecule has 1 fully saturated rings. The fraction of sp³-hybridized carbons (Fsp3) is 0.571. The fourth-order valence-corrected chi connectivity index (χ4v) is 6.44. The van der Waals surface area contributed by atoms with Crippen molar-refractivity contribution in [2.75, 3.05) is 18.6 Å². The lowest BCUT2D eigenvalue weighted by Gasteiger charge is -2.23. The lowest BCUT2D eigenvalue weighted by atomic mass is 10.1. The Hall–Kier alpha value is -0.920. The van der Waals surface area contributed by atoms with E-state index in [9.17, 15) is 16.8 Å². The van der Waals surface area contributed by atoms with Crippen LogP contribution in [0.15, 0.2) is 23.1 Å². The van der Waals surface area contributed by atoms with Gasteiger partial charge in [0.2, 0.25) is 10.0 Å². The van der Waals surface area contributed by atoms with Crippen LogP contribution in [0, 0.1) is 0 Å². The van der Waals surface area contributed by atoms with E-state index in [1.54, 1.807) is 12.1 Å². The molecule has 1 aromatic carbocycles. The molecule has 1 atom stereocenters. The zero-order chi connectivity index (χ0) is 15.3. The fourth-order valence-electron chi connectivity index (χ4n) is 3.13. The molecule has 116 valence electrons. The highest BCUT2D eigenvalue weighted by molar-refractivity contribution is 7.92. The number of rotatable bonds is 3. The molecule has 0 aromatic heterocycles. The summed E-state index contributed by atoms with van der Waals surface area (Å²) < 4.78 is 49.6.